The van der Waals surface area contributed by atoms with Crippen LogP contribution in [0.1, 0.15) is 26.2 Å². The Labute approximate surface area is 96.0 Å². The van der Waals surface area contributed by atoms with Crippen molar-refractivity contribution >= 4 is 15.4 Å². The van der Waals surface area contributed by atoms with E-state index in [1.54, 1.807) is 0 Å². The van der Waals surface area contributed by atoms with Crippen LogP contribution in [-0.4, -0.2) is 32.7 Å². The zero-order valence-electron chi connectivity index (χ0n) is 10.9. The van der Waals surface area contributed by atoms with Gasteiger partial charge in [-0.05, 0) is 39.3 Å². The lowest BCUT2D eigenvalue weighted by atomic mass is 9.97. The van der Waals surface area contributed by atoms with E-state index in [9.17, 15) is 0 Å². The third-order valence-corrected chi connectivity index (χ3v) is 20.9. The molecule has 0 aliphatic carbocycles. The molecule has 0 spiro atoms. The lowest BCUT2D eigenvalue weighted by molar-refractivity contribution is 0.0557. The van der Waals surface area contributed by atoms with Gasteiger partial charge in [0.25, 0.3) is 0 Å². The monoisotopic (exact) mass is 246 g/mol. The lowest BCUT2D eigenvalue weighted by Gasteiger charge is -2.51. The first-order valence-corrected chi connectivity index (χ1v) is 13.2. The van der Waals surface area contributed by atoms with E-state index >= 15 is 0 Å². The highest BCUT2D eigenvalue weighted by Crippen LogP contribution is 2.40. The van der Waals surface area contributed by atoms with Gasteiger partial charge in [-0.2, -0.15) is 0 Å². The zero-order chi connectivity index (χ0) is 11.7. The average Bonchev–Trinajstić information content (AvgIpc) is 2.09. The molecule has 15 heavy (non-hydrogen) atoms. The number of hydrogen-bond acceptors (Lipinski definition) is 2. The molecule has 1 N–H and O–H groups in total. The van der Waals surface area contributed by atoms with E-state index in [1.165, 1.54) is 12.5 Å². The maximum absolute atomic E-state index is 8.91. The normalized spacial score (nSPS) is 34.0. The van der Waals surface area contributed by atoms with Gasteiger partial charge in [0.15, 0.2) is 7.83 Å². The van der Waals surface area contributed by atoms with Crippen LogP contribution in [0.3, 0.4) is 0 Å². The first kappa shape index (κ1) is 13.4. The SMILES string of the molecule is CC1(CCCO)CC[Si](C)(C)[Si](C)(C)O1. The first-order chi connectivity index (χ1) is 6.72. The molecule has 1 aliphatic rings. The van der Waals surface area contributed by atoms with Crippen LogP contribution in [0.25, 0.3) is 0 Å². The summed E-state index contributed by atoms with van der Waals surface area (Å²) in [6.45, 7) is 12.3. The number of aliphatic hydroxyl groups is 1. The Bertz CT molecular complexity index is 229. The van der Waals surface area contributed by atoms with Crippen LogP contribution in [0.4, 0.5) is 0 Å². The fourth-order valence-corrected chi connectivity index (χ4v) is 9.53. The van der Waals surface area contributed by atoms with E-state index in [-0.39, 0.29) is 5.60 Å². The summed E-state index contributed by atoms with van der Waals surface area (Å²) in [6.07, 6.45) is 3.09. The quantitative estimate of drug-likeness (QED) is 0.776. The third-order valence-electron chi connectivity index (χ3n) is 4.27. The molecule has 90 valence electrons. The molecule has 0 radical (unpaired) electrons. The summed E-state index contributed by atoms with van der Waals surface area (Å²) < 4.78 is 6.47. The zero-order valence-corrected chi connectivity index (χ0v) is 12.9. The van der Waals surface area contributed by atoms with Crippen LogP contribution in [0.15, 0.2) is 0 Å². The molecule has 1 atom stereocenters. The largest absolute Gasteiger partial charge is 0.415 e. The minimum atomic E-state index is -1.45. The predicted octanol–water partition coefficient (Wildman–Crippen LogP) is 2.93. The van der Waals surface area contributed by atoms with Gasteiger partial charge < -0.3 is 9.53 Å². The van der Waals surface area contributed by atoms with E-state index in [4.69, 9.17) is 9.53 Å². The summed E-state index contributed by atoms with van der Waals surface area (Å²) in [5, 5.41) is 8.91. The van der Waals surface area contributed by atoms with Crippen LogP contribution in [0, 0.1) is 0 Å². The van der Waals surface area contributed by atoms with E-state index in [2.05, 4.69) is 33.1 Å². The Morgan fingerprint density at radius 1 is 1.27 bits per heavy atom. The average molecular weight is 246 g/mol. The van der Waals surface area contributed by atoms with Crippen molar-refractivity contribution in [2.24, 2.45) is 0 Å². The highest BCUT2D eigenvalue weighted by molar-refractivity contribution is 7.38. The lowest BCUT2D eigenvalue weighted by Crippen LogP contribution is -2.64. The summed E-state index contributed by atoms with van der Waals surface area (Å²) in [6, 6.07) is 1.40. The standard InChI is InChI=1S/C11H26O2Si2/c1-11(7-6-9-12)8-10-14(2,3)15(4,5)13-11/h12H,6-10H2,1-5H3. The molecule has 1 fully saturated rings. The van der Waals surface area contributed by atoms with Crippen molar-refractivity contribution < 1.29 is 9.53 Å². The van der Waals surface area contributed by atoms with Gasteiger partial charge in [-0.3, -0.25) is 0 Å². The molecule has 1 unspecified atom stereocenters. The van der Waals surface area contributed by atoms with E-state index in [0.717, 1.165) is 12.8 Å². The van der Waals surface area contributed by atoms with Gasteiger partial charge in [-0.1, -0.05) is 19.1 Å². The van der Waals surface area contributed by atoms with Gasteiger partial charge in [-0.25, -0.2) is 0 Å². The van der Waals surface area contributed by atoms with E-state index in [0.29, 0.717) is 6.61 Å². The van der Waals surface area contributed by atoms with Gasteiger partial charge in [0.1, 0.15) is 0 Å². The van der Waals surface area contributed by atoms with Gasteiger partial charge in [0, 0.05) is 6.61 Å². The second-order valence-electron chi connectivity index (χ2n) is 6.27. The van der Waals surface area contributed by atoms with Crippen molar-refractivity contribution in [3.05, 3.63) is 0 Å². The second-order valence-corrected chi connectivity index (χ2v) is 21.4. The summed E-state index contributed by atoms with van der Waals surface area (Å²) in [4.78, 5) is 0. The summed E-state index contributed by atoms with van der Waals surface area (Å²) in [5.41, 5.74) is 0.0565. The smallest absolute Gasteiger partial charge is 0.174 e. The Morgan fingerprint density at radius 3 is 2.33 bits per heavy atom. The topological polar surface area (TPSA) is 29.5 Å². The van der Waals surface area contributed by atoms with Crippen molar-refractivity contribution in [2.45, 2.75) is 64.0 Å². The minimum absolute atomic E-state index is 0.0565. The number of rotatable bonds is 3. The van der Waals surface area contributed by atoms with Crippen LogP contribution < -0.4 is 0 Å². The number of hydrogen-bond donors (Lipinski definition) is 1. The van der Waals surface area contributed by atoms with Crippen LogP contribution in [0.5, 0.6) is 0 Å². The van der Waals surface area contributed by atoms with Crippen LogP contribution in [0.2, 0.25) is 32.2 Å². The van der Waals surface area contributed by atoms with Gasteiger partial charge in [-0.15, -0.1) is 0 Å². The molecular weight excluding hydrogens is 220 g/mol. The molecule has 0 aromatic rings. The molecule has 0 aromatic carbocycles. The summed E-state index contributed by atoms with van der Waals surface area (Å²) in [7, 11) is -2.54. The first-order valence-electron chi connectivity index (χ1n) is 6.04. The predicted molar refractivity (Wildman–Crippen MR) is 70.2 cm³/mol. The fourth-order valence-electron chi connectivity index (χ4n) is 2.31. The fraction of sp³-hybridized carbons (Fsp3) is 1.00. The van der Waals surface area contributed by atoms with Crippen molar-refractivity contribution in [3.63, 3.8) is 0 Å². The Balaban J connectivity index is 2.68. The second kappa shape index (κ2) is 4.32. The van der Waals surface area contributed by atoms with Crippen LogP contribution in [-0.2, 0) is 4.43 Å². The Morgan fingerprint density at radius 2 is 1.87 bits per heavy atom. The van der Waals surface area contributed by atoms with E-state index in [1.807, 2.05) is 0 Å². The molecule has 0 bridgehead atoms. The molecule has 2 nitrogen and oxygen atoms in total. The summed E-state index contributed by atoms with van der Waals surface area (Å²) >= 11 is 0. The summed E-state index contributed by atoms with van der Waals surface area (Å²) in [5.74, 6) is 0. The maximum atomic E-state index is 8.91. The maximum Gasteiger partial charge on any atom is 0.174 e. The molecule has 0 saturated carbocycles. The van der Waals surface area contributed by atoms with Gasteiger partial charge in [0.05, 0.1) is 13.2 Å². The van der Waals surface area contributed by atoms with Crippen molar-refractivity contribution in [3.8, 4) is 0 Å². The van der Waals surface area contributed by atoms with Crippen LogP contribution >= 0.6 is 0 Å². The number of aliphatic hydroxyl groups excluding tert-OH is 1. The molecule has 1 aliphatic heterocycles. The Hall–Kier alpha value is 0.354. The molecule has 0 amide bonds. The molecule has 1 saturated heterocycles. The van der Waals surface area contributed by atoms with Crippen molar-refractivity contribution in [2.75, 3.05) is 6.61 Å². The third kappa shape index (κ3) is 2.93. The van der Waals surface area contributed by atoms with Crippen molar-refractivity contribution in [1.82, 2.24) is 0 Å². The van der Waals surface area contributed by atoms with E-state index < -0.39 is 15.4 Å². The molecule has 1 rings (SSSR count). The highest BCUT2D eigenvalue weighted by Gasteiger charge is 2.50. The van der Waals surface area contributed by atoms with Crippen molar-refractivity contribution in [1.29, 1.82) is 0 Å². The molecule has 4 heteroatoms. The molecular formula is C11H26O2Si2. The van der Waals surface area contributed by atoms with Gasteiger partial charge >= 0.3 is 0 Å². The minimum Gasteiger partial charge on any atom is -0.415 e. The highest BCUT2D eigenvalue weighted by atomic mass is 29.3. The Kier molecular flexibility index (Phi) is 3.86. The van der Waals surface area contributed by atoms with Gasteiger partial charge in [0.2, 0.25) is 0 Å². The molecule has 1 heterocycles. The molecule has 0 aromatic heterocycles.